The van der Waals surface area contributed by atoms with E-state index in [4.69, 9.17) is 10.5 Å². The van der Waals surface area contributed by atoms with Crippen molar-refractivity contribution in [1.29, 1.82) is 0 Å². The van der Waals surface area contributed by atoms with E-state index in [1.165, 1.54) is 7.11 Å². The lowest BCUT2D eigenvalue weighted by Crippen LogP contribution is -2.34. The van der Waals surface area contributed by atoms with Gasteiger partial charge >= 0.3 is 6.18 Å². The maximum absolute atomic E-state index is 13.6. The van der Waals surface area contributed by atoms with Crippen LogP contribution >= 0.6 is 0 Å². The van der Waals surface area contributed by atoms with E-state index in [0.717, 1.165) is 22.5 Å². The number of anilines is 1. The van der Waals surface area contributed by atoms with Gasteiger partial charge in [-0.3, -0.25) is 0 Å². The van der Waals surface area contributed by atoms with E-state index in [1.54, 1.807) is 18.4 Å². The number of nitrogens with two attached hydrogens (primary N) is 1. The fourth-order valence-corrected chi connectivity index (χ4v) is 3.75. The first kappa shape index (κ1) is 21.8. The zero-order valence-corrected chi connectivity index (χ0v) is 17.2. The topological polar surface area (TPSA) is 88.9 Å². The summed E-state index contributed by atoms with van der Waals surface area (Å²) in [5.74, 6) is -0.253. The number of benzene rings is 1. The van der Waals surface area contributed by atoms with Gasteiger partial charge in [-0.05, 0) is 24.1 Å². The summed E-state index contributed by atoms with van der Waals surface area (Å²) in [4.78, 5) is 5.53. The number of aromatic nitrogens is 3. The van der Waals surface area contributed by atoms with Crippen molar-refractivity contribution in [2.75, 3.05) is 19.4 Å². The van der Waals surface area contributed by atoms with Gasteiger partial charge in [0.2, 0.25) is 0 Å². The maximum Gasteiger partial charge on any atom is 0.418 e. The number of aliphatic hydroxyl groups is 1. The number of halogens is 3. The van der Waals surface area contributed by atoms with Crippen molar-refractivity contribution in [2.24, 2.45) is 0 Å². The van der Waals surface area contributed by atoms with Crippen LogP contribution in [0, 0.1) is 0 Å². The fourth-order valence-electron chi connectivity index (χ4n) is 3.75. The molecule has 1 aromatic carbocycles. The van der Waals surface area contributed by atoms with Crippen molar-refractivity contribution in [3.63, 3.8) is 0 Å². The standard InChI is InChI=1S/C22H22F3N5O2/c1-32-19-8-7-15(12-29(19)10-9-18(31)14-5-3-2-4-6-14)17-11-16(22(23,24)25)20-21(26)27-13-28-30(17)20/h2-8,11-13,18-19,31H,9-10H2,1H3,(H2,26,27,28). The summed E-state index contributed by atoms with van der Waals surface area (Å²) in [6.07, 6.45) is 0.913. The molecule has 168 valence electrons. The first-order valence-corrected chi connectivity index (χ1v) is 9.91. The quantitative estimate of drug-likeness (QED) is 0.602. The van der Waals surface area contributed by atoms with Crippen molar-refractivity contribution in [3.8, 4) is 0 Å². The van der Waals surface area contributed by atoms with Gasteiger partial charge in [-0.15, -0.1) is 0 Å². The molecule has 0 radical (unpaired) electrons. The Morgan fingerprint density at radius 1 is 1.25 bits per heavy atom. The molecule has 0 aliphatic carbocycles. The number of alkyl halides is 3. The molecule has 2 aromatic heterocycles. The Bertz CT molecular complexity index is 1160. The molecule has 0 saturated carbocycles. The fraction of sp³-hybridized carbons (Fsp3) is 0.273. The predicted molar refractivity (Wildman–Crippen MR) is 113 cm³/mol. The number of rotatable bonds is 6. The summed E-state index contributed by atoms with van der Waals surface area (Å²) in [5.41, 5.74) is 6.05. The molecule has 0 saturated heterocycles. The van der Waals surface area contributed by atoms with Crippen LogP contribution < -0.4 is 5.73 Å². The van der Waals surface area contributed by atoms with Gasteiger partial charge in [0.05, 0.1) is 17.4 Å². The molecule has 10 heteroatoms. The lowest BCUT2D eigenvalue weighted by Gasteiger charge is -2.31. The molecule has 3 N–H and O–H groups in total. The SMILES string of the molecule is COC1C=CC(c2cc(C(F)(F)F)c3c(N)ncnn23)=CN1CCC(O)c1ccccc1. The number of allylic oxidation sites excluding steroid dienone is 2. The number of hydrogen-bond donors (Lipinski definition) is 2. The van der Waals surface area contributed by atoms with E-state index >= 15 is 0 Å². The Hall–Kier alpha value is -3.37. The van der Waals surface area contributed by atoms with Gasteiger partial charge < -0.3 is 20.5 Å². The molecule has 2 unspecified atom stereocenters. The second-order valence-corrected chi connectivity index (χ2v) is 7.37. The Balaban J connectivity index is 1.66. The average molecular weight is 445 g/mol. The molecule has 0 spiro atoms. The highest BCUT2D eigenvalue weighted by atomic mass is 19.4. The minimum atomic E-state index is -4.62. The largest absolute Gasteiger partial charge is 0.418 e. The van der Waals surface area contributed by atoms with Crippen LogP contribution in [0.25, 0.3) is 11.1 Å². The smallest absolute Gasteiger partial charge is 0.388 e. The summed E-state index contributed by atoms with van der Waals surface area (Å²) >= 11 is 0. The summed E-state index contributed by atoms with van der Waals surface area (Å²) in [6, 6.07) is 10.3. The highest BCUT2D eigenvalue weighted by molar-refractivity contribution is 5.81. The number of hydrogen-bond acceptors (Lipinski definition) is 6. The molecule has 32 heavy (non-hydrogen) atoms. The molecule has 0 bridgehead atoms. The van der Waals surface area contributed by atoms with Gasteiger partial charge in [0, 0.05) is 25.4 Å². The van der Waals surface area contributed by atoms with Gasteiger partial charge in [0.1, 0.15) is 18.1 Å². The molecular formula is C22H22F3N5O2. The second kappa shape index (κ2) is 8.64. The monoisotopic (exact) mass is 445 g/mol. The maximum atomic E-state index is 13.6. The van der Waals surface area contributed by atoms with Crippen LogP contribution in [-0.4, -0.2) is 44.5 Å². The van der Waals surface area contributed by atoms with Crippen LogP contribution in [0.15, 0.2) is 61.1 Å². The number of nitrogen functional groups attached to an aromatic ring is 1. The van der Waals surface area contributed by atoms with E-state index in [1.807, 2.05) is 35.2 Å². The van der Waals surface area contributed by atoms with Crippen LogP contribution in [0.3, 0.4) is 0 Å². The average Bonchev–Trinajstić information content (AvgIpc) is 3.19. The summed E-state index contributed by atoms with van der Waals surface area (Å²) in [6.45, 7) is 0.412. The zero-order chi connectivity index (χ0) is 22.9. The Morgan fingerprint density at radius 2 is 2.00 bits per heavy atom. The first-order valence-electron chi connectivity index (χ1n) is 9.91. The normalized spacial score (nSPS) is 17.6. The molecule has 0 fully saturated rings. The lowest BCUT2D eigenvalue weighted by atomic mass is 10.1. The van der Waals surface area contributed by atoms with Crippen LogP contribution in [0.2, 0.25) is 0 Å². The minimum absolute atomic E-state index is 0.223. The van der Waals surface area contributed by atoms with Crippen molar-refractivity contribution in [1.82, 2.24) is 19.5 Å². The van der Waals surface area contributed by atoms with E-state index in [9.17, 15) is 18.3 Å². The number of aliphatic hydroxyl groups excluding tert-OH is 1. The third-order valence-corrected chi connectivity index (χ3v) is 5.34. The summed E-state index contributed by atoms with van der Waals surface area (Å²) < 4.78 is 47.5. The third-order valence-electron chi connectivity index (χ3n) is 5.34. The highest BCUT2D eigenvalue weighted by Crippen LogP contribution is 2.38. The highest BCUT2D eigenvalue weighted by Gasteiger charge is 2.37. The predicted octanol–water partition coefficient (Wildman–Crippen LogP) is 3.64. The van der Waals surface area contributed by atoms with Crippen molar-refractivity contribution in [3.05, 3.63) is 77.9 Å². The summed E-state index contributed by atoms with van der Waals surface area (Å²) in [7, 11) is 1.54. The van der Waals surface area contributed by atoms with Crippen LogP contribution in [0.4, 0.5) is 19.0 Å². The summed E-state index contributed by atoms with van der Waals surface area (Å²) in [5, 5.41) is 14.5. The molecule has 1 aliphatic rings. The van der Waals surface area contributed by atoms with Gasteiger partial charge in [-0.1, -0.05) is 36.4 Å². The van der Waals surface area contributed by atoms with Crippen molar-refractivity contribution in [2.45, 2.75) is 24.9 Å². The molecule has 3 aromatic rings. The molecule has 3 heterocycles. The van der Waals surface area contributed by atoms with E-state index < -0.39 is 24.1 Å². The van der Waals surface area contributed by atoms with Gasteiger partial charge in [-0.2, -0.15) is 18.3 Å². The lowest BCUT2D eigenvalue weighted by molar-refractivity contribution is -0.136. The minimum Gasteiger partial charge on any atom is -0.388 e. The number of nitrogens with zero attached hydrogens (tertiary/aromatic N) is 4. The molecule has 0 amide bonds. The number of ether oxygens (including phenoxy) is 1. The van der Waals surface area contributed by atoms with Gasteiger partial charge in [0.25, 0.3) is 0 Å². The van der Waals surface area contributed by atoms with E-state index in [0.29, 0.717) is 18.5 Å². The van der Waals surface area contributed by atoms with Gasteiger partial charge in [-0.25, -0.2) is 9.50 Å². The molecule has 7 nitrogen and oxygen atoms in total. The van der Waals surface area contributed by atoms with E-state index in [-0.39, 0.29) is 17.0 Å². The Kier molecular flexibility index (Phi) is 5.90. The van der Waals surface area contributed by atoms with Gasteiger partial charge in [0.15, 0.2) is 5.82 Å². The van der Waals surface area contributed by atoms with Crippen molar-refractivity contribution < 1.29 is 23.0 Å². The Morgan fingerprint density at radius 3 is 2.69 bits per heavy atom. The van der Waals surface area contributed by atoms with Crippen molar-refractivity contribution >= 4 is 16.9 Å². The van der Waals surface area contributed by atoms with Crippen LogP contribution in [0.5, 0.6) is 0 Å². The molecule has 4 rings (SSSR count). The molecule has 2 atom stereocenters. The zero-order valence-electron chi connectivity index (χ0n) is 17.2. The van der Waals surface area contributed by atoms with Crippen LogP contribution in [0.1, 0.15) is 29.3 Å². The number of fused-ring (bicyclic) bond motifs is 1. The van der Waals surface area contributed by atoms with E-state index in [2.05, 4.69) is 10.1 Å². The molecule has 1 aliphatic heterocycles. The first-order chi connectivity index (χ1) is 15.3. The second-order valence-electron chi connectivity index (χ2n) is 7.37. The van der Waals surface area contributed by atoms with Crippen LogP contribution in [-0.2, 0) is 10.9 Å². The Labute approximate surface area is 182 Å². The molecular weight excluding hydrogens is 423 g/mol. The third kappa shape index (κ3) is 4.19. The number of methoxy groups -OCH3 is 1.